The van der Waals surface area contributed by atoms with Gasteiger partial charge in [-0.15, -0.1) is 0 Å². The van der Waals surface area contributed by atoms with Crippen molar-refractivity contribution in [2.45, 2.75) is 26.3 Å². The summed E-state index contributed by atoms with van der Waals surface area (Å²) in [6.45, 7) is 5.36. The molecular formula is C18H22FNO. The van der Waals surface area contributed by atoms with Gasteiger partial charge in [0.25, 0.3) is 0 Å². The van der Waals surface area contributed by atoms with Gasteiger partial charge < -0.3 is 10.1 Å². The molecule has 21 heavy (non-hydrogen) atoms. The van der Waals surface area contributed by atoms with E-state index in [9.17, 15) is 4.39 Å². The Hall–Kier alpha value is -1.87. The Kier molecular flexibility index (Phi) is 5.76. The maximum absolute atomic E-state index is 14.0. The van der Waals surface area contributed by atoms with Gasteiger partial charge in [-0.25, -0.2) is 4.39 Å². The molecule has 3 heteroatoms. The van der Waals surface area contributed by atoms with Crippen LogP contribution in [0.3, 0.4) is 0 Å². The van der Waals surface area contributed by atoms with Crippen molar-refractivity contribution < 1.29 is 9.13 Å². The van der Waals surface area contributed by atoms with E-state index in [-0.39, 0.29) is 11.9 Å². The molecule has 1 unspecified atom stereocenters. The van der Waals surface area contributed by atoms with Crippen molar-refractivity contribution in [2.24, 2.45) is 0 Å². The standard InChI is InChI=1S/C18H22FNO/c1-3-12-20-18(16-6-4-5-7-17(16)19)13-21-15-10-8-14(2)9-11-15/h4-11,18,20H,3,12-13H2,1-2H3. The van der Waals surface area contributed by atoms with Crippen LogP contribution >= 0.6 is 0 Å². The van der Waals surface area contributed by atoms with Crippen LogP contribution in [0.4, 0.5) is 4.39 Å². The number of nitrogens with one attached hydrogen (secondary N) is 1. The second kappa shape index (κ2) is 7.79. The van der Waals surface area contributed by atoms with Crippen LogP contribution in [0.25, 0.3) is 0 Å². The van der Waals surface area contributed by atoms with Crippen molar-refractivity contribution in [2.75, 3.05) is 13.2 Å². The van der Waals surface area contributed by atoms with Crippen LogP contribution in [-0.2, 0) is 0 Å². The molecular weight excluding hydrogens is 265 g/mol. The molecule has 1 N–H and O–H groups in total. The van der Waals surface area contributed by atoms with E-state index in [1.807, 2.05) is 37.3 Å². The molecule has 1 atom stereocenters. The predicted octanol–water partition coefficient (Wildman–Crippen LogP) is 4.25. The molecule has 2 aromatic carbocycles. The number of halogens is 1. The molecule has 0 heterocycles. The molecule has 0 fully saturated rings. The minimum atomic E-state index is -0.196. The third-order valence-corrected chi connectivity index (χ3v) is 3.36. The summed E-state index contributed by atoms with van der Waals surface area (Å²) in [6, 6.07) is 14.6. The highest BCUT2D eigenvalue weighted by Crippen LogP contribution is 2.19. The largest absolute Gasteiger partial charge is 0.492 e. The zero-order chi connectivity index (χ0) is 15.1. The molecule has 0 aliphatic heterocycles. The van der Waals surface area contributed by atoms with E-state index in [1.54, 1.807) is 12.1 Å². The number of hydrogen-bond donors (Lipinski definition) is 1. The Morgan fingerprint density at radius 1 is 1.10 bits per heavy atom. The zero-order valence-corrected chi connectivity index (χ0v) is 12.6. The van der Waals surface area contributed by atoms with Gasteiger partial charge in [0.2, 0.25) is 0 Å². The van der Waals surface area contributed by atoms with Crippen molar-refractivity contribution in [1.82, 2.24) is 5.32 Å². The van der Waals surface area contributed by atoms with E-state index < -0.39 is 0 Å². The number of aryl methyl sites for hydroxylation is 1. The summed E-state index contributed by atoms with van der Waals surface area (Å²) in [5.41, 5.74) is 1.84. The molecule has 112 valence electrons. The summed E-state index contributed by atoms with van der Waals surface area (Å²) in [5, 5.41) is 3.34. The summed E-state index contributed by atoms with van der Waals surface area (Å²) >= 11 is 0. The molecule has 2 aromatic rings. The lowest BCUT2D eigenvalue weighted by atomic mass is 10.1. The van der Waals surface area contributed by atoms with E-state index in [1.165, 1.54) is 11.6 Å². The SMILES string of the molecule is CCCNC(COc1ccc(C)cc1)c1ccccc1F. The first-order chi connectivity index (χ1) is 10.2. The minimum absolute atomic E-state index is 0.146. The molecule has 0 aliphatic carbocycles. The Morgan fingerprint density at radius 3 is 2.48 bits per heavy atom. The number of benzene rings is 2. The molecule has 0 bridgehead atoms. The van der Waals surface area contributed by atoms with Crippen LogP contribution in [0.2, 0.25) is 0 Å². The highest BCUT2D eigenvalue weighted by Gasteiger charge is 2.15. The zero-order valence-electron chi connectivity index (χ0n) is 12.6. The van der Waals surface area contributed by atoms with Crippen molar-refractivity contribution in [3.8, 4) is 5.75 Å². The molecule has 0 aromatic heterocycles. The van der Waals surface area contributed by atoms with Gasteiger partial charge in [0.15, 0.2) is 0 Å². The Balaban J connectivity index is 2.06. The fourth-order valence-corrected chi connectivity index (χ4v) is 2.15. The van der Waals surface area contributed by atoms with Crippen molar-refractivity contribution in [1.29, 1.82) is 0 Å². The minimum Gasteiger partial charge on any atom is -0.492 e. The Bertz CT molecular complexity index is 553. The maximum atomic E-state index is 14.0. The van der Waals surface area contributed by atoms with Crippen LogP contribution in [0.1, 0.15) is 30.5 Å². The van der Waals surface area contributed by atoms with Gasteiger partial charge in [-0.1, -0.05) is 42.8 Å². The maximum Gasteiger partial charge on any atom is 0.128 e. The topological polar surface area (TPSA) is 21.3 Å². The third-order valence-electron chi connectivity index (χ3n) is 3.36. The highest BCUT2D eigenvalue weighted by molar-refractivity contribution is 5.27. The molecule has 0 spiro atoms. The number of hydrogen-bond acceptors (Lipinski definition) is 2. The summed E-state index contributed by atoms with van der Waals surface area (Å²) in [4.78, 5) is 0. The molecule has 0 radical (unpaired) electrons. The van der Waals surface area contributed by atoms with E-state index in [2.05, 4.69) is 12.2 Å². The van der Waals surface area contributed by atoms with Crippen molar-refractivity contribution >= 4 is 0 Å². The average molecular weight is 287 g/mol. The highest BCUT2D eigenvalue weighted by atomic mass is 19.1. The van der Waals surface area contributed by atoms with Gasteiger partial charge in [0.05, 0.1) is 6.04 Å². The summed E-state index contributed by atoms with van der Waals surface area (Å²) in [5.74, 6) is 0.610. The second-order valence-electron chi connectivity index (χ2n) is 5.15. The summed E-state index contributed by atoms with van der Waals surface area (Å²) in [7, 11) is 0. The Morgan fingerprint density at radius 2 is 1.81 bits per heavy atom. The lowest BCUT2D eigenvalue weighted by Gasteiger charge is -2.20. The second-order valence-corrected chi connectivity index (χ2v) is 5.15. The molecule has 0 saturated carbocycles. The molecule has 0 saturated heterocycles. The lowest BCUT2D eigenvalue weighted by Crippen LogP contribution is -2.28. The van der Waals surface area contributed by atoms with E-state index >= 15 is 0 Å². The average Bonchev–Trinajstić information content (AvgIpc) is 2.50. The van der Waals surface area contributed by atoms with Gasteiger partial charge in [0, 0.05) is 5.56 Å². The summed E-state index contributed by atoms with van der Waals surface area (Å²) in [6.07, 6.45) is 0.996. The molecule has 0 aliphatic rings. The molecule has 2 nitrogen and oxygen atoms in total. The van der Waals surface area contributed by atoms with Crippen LogP contribution < -0.4 is 10.1 Å². The van der Waals surface area contributed by atoms with E-state index in [0.717, 1.165) is 18.7 Å². The van der Waals surface area contributed by atoms with Gasteiger partial charge in [0.1, 0.15) is 18.2 Å². The van der Waals surface area contributed by atoms with Gasteiger partial charge in [-0.3, -0.25) is 0 Å². The lowest BCUT2D eigenvalue weighted by molar-refractivity contribution is 0.263. The normalized spacial score (nSPS) is 12.1. The number of rotatable bonds is 7. The summed E-state index contributed by atoms with van der Waals surface area (Å²) < 4.78 is 19.8. The van der Waals surface area contributed by atoms with Crippen molar-refractivity contribution in [3.05, 3.63) is 65.5 Å². The van der Waals surface area contributed by atoms with Crippen LogP contribution in [0.15, 0.2) is 48.5 Å². The molecule has 0 amide bonds. The quantitative estimate of drug-likeness (QED) is 0.822. The van der Waals surface area contributed by atoms with Crippen LogP contribution in [0.5, 0.6) is 5.75 Å². The monoisotopic (exact) mass is 287 g/mol. The number of ether oxygens (including phenoxy) is 1. The predicted molar refractivity (Wildman–Crippen MR) is 84.1 cm³/mol. The first-order valence-corrected chi connectivity index (χ1v) is 7.38. The van der Waals surface area contributed by atoms with Crippen LogP contribution in [-0.4, -0.2) is 13.2 Å². The Labute approximate surface area is 126 Å². The van der Waals surface area contributed by atoms with Gasteiger partial charge >= 0.3 is 0 Å². The fraction of sp³-hybridized carbons (Fsp3) is 0.333. The van der Waals surface area contributed by atoms with E-state index in [0.29, 0.717) is 12.2 Å². The van der Waals surface area contributed by atoms with E-state index in [4.69, 9.17) is 4.74 Å². The molecule has 2 rings (SSSR count). The van der Waals surface area contributed by atoms with Crippen molar-refractivity contribution in [3.63, 3.8) is 0 Å². The third kappa shape index (κ3) is 4.57. The first kappa shape index (κ1) is 15.5. The first-order valence-electron chi connectivity index (χ1n) is 7.38. The fourth-order valence-electron chi connectivity index (χ4n) is 2.15. The van der Waals surface area contributed by atoms with Crippen LogP contribution in [0, 0.1) is 12.7 Å². The smallest absolute Gasteiger partial charge is 0.128 e. The van der Waals surface area contributed by atoms with Gasteiger partial charge in [-0.2, -0.15) is 0 Å². The van der Waals surface area contributed by atoms with Gasteiger partial charge in [-0.05, 0) is 38.1 Å².